The van der Waals surface area contributed by atoms with Crippen LogP contribution >= 0.6 is 0 Å². The van der Waals surface area contributed by atoms with Gasteiger partial charge in [-0.2, -0.15) is 13.2 Å². The van der Waals surface area contributed by atoms with Crippen molar-refractivity contribution in [1.29, 1.82) is 0 Å². The highest BCUT2D eigenvalue weighted by Gasteiger charge is 2.35. The van der Waals surface area contributed by atoms with Crippen molar-refractivity contribution in [2.75, 3.05) is 30.4 Å². The Labute approximate surface area is 246 Å². The number of rotatable bonds is 7. The number of halogens is 3. The van der Waals surface area contributed by atoms with E-state index >= 15 is 0 Å². The summed E-state index contributed by atoms with van der Waals surface area (Å²) in [5, 5.41) is 6.05. The number of carbonyl (C=O) groups is 2. The first-order chi connectivity index (χ1) is 20.3. The van der Waals surface area contributed by atoms with Gasteiger partial charge in [-0.25, -0.2) is 15.0 Å². The van der Waals surface area contributed by atoms with Crippen LogP contribution in [0.4, 0.5) is 24.7 Å². The molecule has 0 aliphatic carbocycles. The molecular formula is C31H31F3N6O3. The lowest BCUT2D eigenvalue weighted by molar-refractivity contribution is -0.138. The Balaban J connectivity index is 1.48. The molecular weight excluding hydrogens is 561 g/mol. The van der Waals surface area contributed by atoms with Gasteiger partial charge in [0.1, 0.15) is 5.82 Å². The number of ether oxygens (including phenoxy) is 1. The van der Waals surface area contributed by atoms with Crippen LogP contribution in [0.5, 0.6) is 5.88 Å². The van der Waals surface area contributed by atoms with E-state index in [1.165, 1.54) is 13.2 Å². The number of methoxy groups -OCH3 is 1. The summed E-state index contributed by atoms with van der Waals surface area (Å²) >= 11 is 0. The first-order valence-electron chi connectivity index (χ1n) is 13.7. The van der Waals surface area contributed by atoms with Crippen LogP contribution in [-0.4, -0.2) is 47.0 Å². The fraction of sp³-hybridized carbons (Fsp3) is 0.323. The maximum atomic E-state index is 13.9. The molecule has 1 saturated heterocycles. The molecule has 2 N–H and O–H groups in total. The molecule has 5 rings (SSSR count). The number of hydrogen-bond donors (Lipinski definition) is 2. The molecule has 0 spiro atoms. The van der Waals surface area contributed by atoms with E-state index in [0.717, 1.165) is 42.8 Å². The normalized spacial score (nSPS) is 13.4. The number of pyridine rings is 1. The van der Waals surface area contributed by atoms with Crippen LogP contribution in [0.1, 0.15) is 48.7 Å². The highest BCUT2D eigenvalue weighted by Crippen LogP contribution is 2.35. The van der Waals surface area contributed by atoms with Crippen molar-refractivity contribution in [3.8, 4) is 17.3 Å². The number of alkyl halides is 3. The largest absolute Gasteiger partial charge is 0.481 e. The highest BCUT2D eigenvalue weighted by molar-refractivity contribution is 6.06. The molecule has 9 nitrogen and oxygen atoms in total. The van der Waals surface area contributed by atoms with E-state index in [1.807, 2.05) is 0 Å². The van der Waals surface area contributed by atoms with Gasteiger partial charge in [-0.15, -0.1) is 0 Å². The van der Waals surface area contributed by atoms with Gasteiger partial charge in [-0.05, 0) is 48.4 Å². The molecule has 0 saturated carbocycles. The molecule has 2 amide bonds. The first-order valence-corrected chi connectivity index (χ1v) is 13.7. The van der Waals surface area contributed by atoms with Crippen molar-refractivity contribution >= 4 is 34.2 Å². The van der Waals surface area contributed by atoms with Gasteiger partial charge >= 0.3 is 6.18 Å². The average Bonchev–Trinajstić information content (AvgIpc) is 2.93. The van der Waals surface area contributed by atoms with E-state index in [2.05, 4.69) is 20.5 Å². The Bertz CT molecular complexity index is 1700. The van der Waals surface area contributed by atoms with Crippen LogP contribution in [0.3, 0.4) is 0 Å². The molecule has 0 atom stereocenters. The van der Waals surface area contributed by atoms with Crippen molar-refractivity contribution in [3.05, 3.63) is 71.4 Å². The molecule has 1 aliphatic rings. The van der Waals surface area contributed by atoms with E-state index in [1.54, 1.807) is 57.3 Å². The van der Waals surface area contributed by atoms with E-state index in [4.69, 9.17) is 14.7 Å². The number of amides is 2. The van der Waals surface area contributed by atoms with Crippen molar-refractivity contribution in [2.24, 2.45) is 5.41 Å². The summed E-state index contributed by atoms with van der Waals surface area (Å²) in [5.41, 5.74) is -0.492. The molecule has 43 heavy (non-hydrogen) atoms. The zero-order valence-electron chi connectivity index (χ0n) is 24.2. The number of fused-ring (bicyclic) bond motifs is 1. The van der Waals surface area contributed by atoms with Gasteiger partial charge in [0, 0.05) is 53.9 Å². The second kappa shape index (κ2) is 11.5. The minimum Gasteiger partial charge on any atom is -0.481 e. The third-order valence-electron chi connectivity index (χ3n) is 7.06. The highest BCUT2D eigenvalue weighted by atomic mass is 19.4. The average molecular weight is 593 g/mol. The third kappa shape index (κ3) is 6.52. The van der Waals surface area contributed by atoms with E-state index in [0.29, 0.717) is 28.3 Å². The van der Waals surface area contributed by atoms with Crippen LogP contribution in [0.15, 0.2) is 54.7 Å². The Morgan fingerprint density at radius 2 is 1.77 bits per heavy atom. The monoisotopic (exact) mass is 592 g/mol. The maximum Gasteiger partial charge on any atom is 0.417 e. The van der Waals surface area contributed by atoms with Crippen LogP contribution < -0.4 is 20.3 Å². The van der Waals surface area contributed by atoms with Crippen LogP contribution in [0, 0.1) is 5.41 Å². The minimum absolute atomic E-state index is 0.0245. The van der Waals surface area contributed by atoms with Crippen molar-refractivity contribution < 1.29 is 27.5 Å². The molecule has 0 radical (unpaired) electrons. The molecule has 0 unspecified atom stereocenters. The topological polar surface area (TPSA) is 109 Å². The molecule has 2 aromatic heterocycles. The standard InChI is InChI=1S/C31H31F3N6O3/c1-30(2,3)29(42)36-17-18-6-9-23(31(32,33)34)22(14-18)28(41)37-20-7-8-21-24(16-20)38-26(39-27(21)40-12-5-13-40)19-10-11-35-25(15-19)43-4/h6-11,14-16H,5,12-13,17H2,1-4H3,(H,36,42)(H,37,41). The second-order valence-corrected chi connectivity index (χ2v) is 11.3. The van der Waals surface area contributed by atoms with Gasteiger partial charge in [-0.3, -0.25) is 9.59 Å². The molecule has 224 valence electrons. The first kappa shape index (κ1) is 29.7. The number of anilines is 2. The summed E-state index contributed by atoms with van der Waals surface area (Å²) < 4.78 is 46.9. The zero-order chi connectivity index (χ0) is 30.9. The summed E-state index contributed by atoms with van der Waals surface area (Å²) in [7, 11) is 1.51. The van der Waals surface area contributed by atoms with E-state index < -0.39 is 28.6 Å². The minimum atomic E-state index is -4.76. The van der Waals surface area contributed by atoms with Crippen LogP contribution in [0.2, 0.25) is 0 Å². The predicted octanol–water partition coefficient (Wildman–Crippen LogP) is 5.84. The fourth-order valence-corrected chi connectivity index (χ4v) is 4.53. The lowest BCUT2D eigenvalue weighted by Crippen LogP contribution is -2.37. The Kier molecular flexibility index (Phi) is 7.96. The fourth-order valence-electron chi connectivity index (χ4n) is 4.53. The van der Waals surface area contributed by atoms with Gasteiger partial charge in [-0.1, -0.05) is 26.8 Å². The lowest BCUT2D eigenvalue weighted by atomic mass is 9.95. The maximum absolute atomic E-state index is 13.9. The summed E-state index contributed by atoms with van der Waals surface area (Å²) in [6, 6.07) is 11.7. The van der Waals surface area contributed by atoms with Crippen LogP contribution in [0.25, 0.3) is 22.3 Å². The number of benzene rings is 2. The Morgan fingerprint density at radius 3 is 2.42 bits per heavy atom. The van der Waals surface area contributed by atoms with Crippen molar-refractivity contribution in [1.82, 2.24) is 20.3 Å². The van der Waals surface area contributed by atoms with Crippen molar-refractivity contribution in [2.45, 2.75) is 39.9 Å². The summed E-state index contributed by atoms with van der Waals surface area (Å²) in [6.07, 6.45) is -2.15. The summed E-state index contributed by atoms with van der Waals surface area (Å²) in [6.45, 7) is 6.82. The smallest absolute Gasteiger partial charge is 0.417 e. The molecule has 1 aliphatic heterocycles. The SMILES string of the molecule is COc1cc(-c2nc(N3CCC3)c3ccc(NC(=O)c4cc(CNC(=O)C(C)(C)C)ccc4C(F)(F)F)cc3n2)ccn1. The molecule has 12 heteroatoms. The second-order valence-electron chi connectivity index (χ2n) is 11.3. The number of nitrogens with one attached hydrogen (secondary N) is 2. The van der Waals surface area contributed by atoms with Crippen LogP contribution in [-0.2, 0) is 17.5 Å². The lowest BCUT2D eigenvalue weighted by Gasteiger charge is -2.33. The van der Waals surface area contributed by atoms with Gasteiger partial charge in [0.05, 0.1) is 23.8 Å². The van der Waals surface area contributed by atoms with Crippen molar-refractivity contribution in [3.63, 3.8) is 0 Å². The molecule has 3 heterocycles. The quantitative estimate of drug-likeness (QED) is 0.277. The number of carbonyl (C=O) groups excluding carboxylic acids is 2. The molecule has 2 aromatic carbocycles. The molecule has 1 fully saturated rings. The van der Waals surface area contributed by atoms with Gasteiger partial charge in [0.15, 0.2) is 5.82 Å². The Morgan fingerprint density at radius 1 is 1.00 bits per heavy atom. The number of hydrogen-bond acceptors (Lipinski definition) is 7. The van der Waals surface area contributed by atoms with Gasteiger partial charge in [0.25, 0.3) is 5.91 Å². The number of nitrogens with zero attached hydrogens (tertiary/aromatic N) is 4. The predicted molar refractivity (Wildman–Crippen MR) is 157 cm³/mol. The van der Waals surface area contributed by atoms with E-state index in [-0.39, 0.29) is 18.1 Å². The molecule has 0 bridgehead atoms. The Hall–Kier alpha value is -4.74. The van der Waals surface area contributed by atoms with Gasteiger partial charge < -0.3 is 20.3 Å². The zero-order valence-corrected chi connectivity index (χ0v) is 24.2. The van der Waals surface area contributed by atoms with Gasteiger partial charge in [0.2, 0.25) is 11.8 Å². The number of aromatic nitrogens is 3. The third-order valence-corrected chi connectivity index (χ3v) is 7.06. The summed E-state index contributed by atoms with van der Waals surface area (Å²) in [5.74, 6) is 0.339. The molecule has 4 aromatic rings. The van der Waals surface area contributed by atoms with E-state index in [9.17, 15) is 22.8 Å². The summed E-state index contributed by atoms with van der Waals surface area (Å²) in [4.78, 5) is 41.3.